The lowest BCUT2D eigenvalue weighted by Gasteiger charge is -2.03. The van der Waals surface area contributed by atoms with E-state index < -0.39 is 0 Å². The molecule has 0 radical (unpaired) electrons. The number of rotatable bonds is 7. The van der Waals surface area contributed by atoms with E-state index in [4.69, 9.17) is 16.3 Å². The van der Waals surface area contributed by atoms with Crippen molar-refractivity contribution in [1.29, 1.82) is 0 Å². The Bertz CT molecular complexity index is 291. The predicted molar refractivity (Wildman–Crippen MR) is 64.6 cm³/mol. The van der Waals surface area contributed by atoms with Crippen molar-refractivity contribution in [3.8, 4) is 0 Å². The molecule has 15 heavy (non-hydrogen) atoms. The van der Waals surface area contributed by atoms with Crippen LogP contribution in [0.3, 0.4) is 0 Å². The van der Waals surface area contributed by atoms with Gasteiger partial charge in [0, 0.05) is 26.0 Å². The summed E-state index contributed by atoms with van der Waals surface area (Å²) in [6, 6.07) is 0. The Hall–Kier alpha value is -0.190. The van der Waals surface area contributed by atoms with Gasteiger partial charge in [-0.3, -0.25) is 0 Å². The van der Waals surface area contributed by atoms with Crippen molar-refractivity contribution in [2.45, 2.75) is 24.4 Å². The molecule has 5 heteroatoms. The van der Waals surface area contributed by atoms with Gasteiger partial charge in [0.1, 0.15) is 0 Å². The molecule has 0 atom stereocenters. The van der Waals surface area contributed by atoms with E-state index in [-0.39, 0.29) is 0 Å². The van der Waals surface area contributed by atoms with Gasteiger partial charge in [-0.1, -0.05) is 11.8 Å². The molecule has 0 fully saturated rings. The van der Waals surface area contributed by atoms with Gasteiger partial charge in [0.25, 0.3) is 0 Å². The van der Waals surface area contributed by atoms with Crippen molar-refractivity contribution in [2.24, 2.45) is 7.05 Å². The van der Waals surface area contributed by atoms with Crippen LogP contribution in [0.1, 0.15) is 19.0 Å². The third-order valence-corrected chi connectivity index (χ3v) is 3.45. The van der Waals surface area contributed by atoms with Crippen LogP contribution in [0, 0.1) is 0 Å². The van der Waals surface area contributed by atoms with Gasteiger partial charge in [-0.15, -0.1) is 11.6 Å². The third kappa shape index (κ3) is 4.05. The summed E-state index contributed by atoms with van der Waals surface area (Å²) in [5, 5.41) is 1.03. The number of nitrogens with zero attached hydrogens (tertiary/aromatic N) is 2. The number of hydrogen-bond acceptors (Lipinski definition) is 3. The van der Waals surface area contributed by atoms with Crippen LogP contribution in [0.4, 0.5) is 0 Å². The maximum atomic E-state index is 5.76. The summed E-state index contributed by atoms with van der Waals surface area (Å²) in [7, 11) is 2.00. The van der Waals surface area contributed by atoms with E-state index in [9.17, 15) is 0 Å². The quantitative estimate of drug-likeness (QED) is 0.422. The number of hydrogen-bond donors (Lipinski definition) is 0. The van der Waals surface area contributed by atoms with Crippen LogP contribution < -0.4 is 0 Å². The fraction of sp³-hybridized carbons (Fsp3) is 0.700. The first-order chi connectivity index (χ1) is 7.29. The van der Waals surface area contributed by atoms with Gasteiger partial charge in [-0.2, -0.15) is 0 Å². The average Bonchev–Trinajstić information content (AvgIpc) is 2.60. The van der Waals surface area contributed by atoms with E-state index in [0.717, 1.165) is 36.2 Å². The fourth-order valence-electron chi connectivity index (χ4n) is 1.15. The number of halogens is 1. The molecule has 1 aromatic rings. The van der Waals surface area contributed by atoms with Gasteiger partial charge >= 0.3 is 0 Å². The van der Waals surface area contributed by atoms with E-state index >= 15 is 0 Å². The lowest BCUT2D eigenvalue weighted by Crippen LogP contribution is -1.98. The lowest BCUT2D eigenvalue weighted by molar-refractivity contribution is 0.149. The number of thioether (sulfide) groups is 1. The Balaban J connectivity index is 2.28. The van der Waals surface area contributed by atoms with Crippen molar-refractivity contribution in [3.05, 3.63) is 11.9 Å². The minimum atomic E-state index is 0.517. The van der Waals surface area contributed by atoms with Crippen molar-refractivity contribution < 1.29 is 4.74 Å². The van der Waals surface area contributed by atoms with E-state index in [1.54, 1.807) is 11.8 Å². The summed E-state index contributed by atoms with van der Waals surface area (Å²) in [5.74, 6) is 1.55. The highest BCUT2D eigenvalue weighted by atomic mass is 35.5. The number of aromatic nitrogens is 2. The zero-order valence-electron chi connectivity index (χ0n) is 9.20. The second kappa shape index (κ2) is 7.14. The topological polar surface area (TPSA) is 27.1 Å². The molecule has 1 heterocycles. The molecule has 0 amide bonds. The molecule has 0 spiro atoms. The van der Waals surface area contributed by atoms with Crippen molar-refractivity contribution in [3.63, 3.8) is 0 Å². The fourth-order valence-corrected chi connectivity index (χ4v) is 2.28. The van der Waals surface area contributed by atoms with Gasteiger partial charge in [0.05, 0.1) is 17.8 Å². The number of imidazole rings is 1. The van der Waals surface area contributed by atoms with Crippen LogP contribution in [-0.2, 0) is 17.7 Å². The highest BCUT2D eigenvalue weighted by Crippen LogP contribution is 2.18. The van der Waals surface area contributed by atoms with Gasteiger partial charge in [0.2, 0.25) is 0 Å². The summed E-state index contributed by atoms with van der Waals surface area (Å²) in [6.07, 6.45) is 2.89. The second-order valence-corrected chi connectivity index (χ2v) is 4.45. The van der Waals surface area contributed by atoms with E-state index in [1.807, 2.05) is 24.7 Å². The van der Waals surface area contributed by atoms with E-state index in [2.05, 4.69) is 4.98 Å². The Morgan fingerprint density at radius 1 is 1.60 bits per heavy atom. The van der Waals surface area contributed by atoms with E-state index in [0.29, 0.717) is 5.88 Å². The third-order valence-electron chi connectivity index (χ3n) is 2.05. The maximum Gasteiger partial charge on any atom is 0.167 e. The molecule has 0 aromatic carbocycles. The Labute approximate surface area is 100 Å². The first-order valence-electron chi connectivity index (χ1n) is 5.06. The molecule has 1 rings (SSSR count). The Morgan fingerprint density at radius 3 is 3.00 bits per heavy atom. The molecule has 1 aromatic heterocycles. The predicted octanol–water partition coefficient (Wildman–Crippen LogP) is 2.68. The molecule has 3 nitrogen and oxygen atoms in total. The van der Waals surface area contributed by atoms with E-state index in [1.165, 1.54) is 0 Å². The van der Waals surface area contributed by atoms with Gasteiger partial charge in [-0.05, 0) is 13.3 Å². The summed E-state index contributed by atoms with van der Waals surface area (Å²) < 4.78 is 7.31. The molecule has 0 N–H and O–H groups in total. The number of alkyl halides is 1. The highest BCUT2D eigenvalue weighted by Gasteiger charge is 2.05. The highest BCUT2D eigenvalue weighted by molar-refractivity contribution is 7.99. The smallest absolute Gasteiger partial charge is 0.167 e. The summed E-state index contributed by atoms with van der Waals surface area (Å²) >= 11 is 7.50. The Kier molecular flexibility index (Phi) is 6.13. The zero-order valence-corrected chi connectivity index (χ0v) is 10.8. The summed E-state index contributed by atoms with van der Waals surface area (Å²) in [4.78, 5) is 4.31. The van der Waals surface area contributed by atoms with Crippen LogP contribution in [-0.4, -0.2) is 28.5 Å². The van der Waals surface area contributed by atoms with Crippen LogP contribution in [0.15, 0.2) is 11.4 Å². The minimum Gasteiger partial charge on any atom is -0.382 e. The second-order valence-electron chi connectivity index (χ2n) is 3.12. The molecule has 0 saturated heterocycles. The van der Waals surface area contributed by atoms with Crippen LogP contribution in [0.2, 0.25) is 0 Å². The standard InChI is InChI=1S/C10H17ClN2OS/c1-3-14-5-4-6-15-10-12-8-9(7-11)13(10)2/h8H,3-7H2,1-2H3. The van der Waals surface area contributed by atoms with Crippen LogP contribution in [0.25, 0.3) is 0 Å². The van der Waals surface area contributed by atoms with Crippen molar-refractivity contribution in [2.75, 3.05) is 19.0 Å². The summed E-state index contributed by atoms with van der Waals surface area (Å²) in [6.45, 7) is 3.64. The Morgan fingerprint density at radius 2 is 2.40 bits per heavy atom. The van der Waals surface area contributed by atoms with Crippen LogP contribution in [0.5, 0.6) is 0 Å². The molecule has 0 aliphatic carbocycles. The monoisotopic (exact) mass is 248 g/mol. The lowest BCUT2D eigenvalue weighted by atomic mass is 10.5. The molecule has 0 aliphatic heterocycles. The first-order valence-corrected chi connectivity index (χ1v) is 6.58. The average molecular weight is 249 g/mol. The van der Waals surface area contributed by atoms with Crippen LogP contribution >= 0.6 is 23.4 Å². The molecule has 0 saturated carbocycles. The SMILES string of the molecule is CCOCCCSc1ncc(CCl)n1C. The minimum absolute atomic E-state index is 0.517. The van der Waals surface area contributed by atoms with Crippen molar-refractivity contribution >= 4 is 23.4 Å². The maximum absolute atomic E-state index is 5.76. The largest absolute Gasteiger partial charge is 0.382 e. The molecule has 0 unspecified atom stereocenters. The van der Waals surface area contributed by atoms with Crippen molar-refractivity contribution in [1.82, 2.24) is 9.55 Å². The van der Waals surface area contributed by atoms with Gasteiger partial charge in [0.15, 0.2) is 5.16 Å². The zero-order chi connectivity index (χ0) is 11.1. The molecular weight excluding hydrogens is 232 g/mol. The molecular formula is C10H17ClN2OS. The van der Waals surface area contributed by atoms with Gasteiger partial charge in [-0.25, -0.2) is 4.98 Å². The van der Waals surface area contributed by atoms with Gasteiger partial charge < -0.3 is 9.30 Å². The first kappa shape index (κ1) is 12.9. The summed E-state index contributed by atoms with van der Waals surface area (Å²) in [5.41, 5.74) is 1.06. The molecule has 86 valence electrons. The molecule has 0 aliphatic rings. The molecule has 0 bridgehead atoms. The number of ether oxygens (including phenoxy) is 1. The normalized spacial score (nSPS) is 10.9.